The van der Waals surface area contributed by atoms with Crippen LogP contribution in [0.3, 0.4) is 0 Å². The van der Waals surface area contributed by atoms with Gasteiger partial charge in [0.25, 0.3) is 0 Å². The predicted octanol–water partition coefficient (Wildman–Crippen LogP) is 1.67. The van der Waals surface area contributed by atoms with Crippen molar-refractivity contribution in [3.63, 3.8) is 0 Å². The first-order valence-corrected chi connectivity index (χ1v) is 6.25. The van der Waals surface area contributed by atoms with E-state index in [4.69, 9.17) is 5.73 Å². The zero-order valence-electron chi connectivity index (χ0n) is 11.4. The zero-order valence-corrected chi connectivity index (χ0v) is 11.4. The van der Waals surface area contributed by atoms with Crippen molar-refractivity contribution in [2.24, 2.45) is 11.7 Å². The maximum atomic E-state index is 11.7. The van der Waals surface area contributed by atoms with E-state index in [-0.39, 0.29) is 11.8 Å². The summed E-state index contributed by atoms with van der Waals surface area (Å²) in [7, 11) is 4.06. The average Bonchev–Trinajstić information content (AvgIpc) is 2.30. The molecule has 0 aromatic heterocycles. The first-order chi connectivity index (χ1) is 8.51. The molecule has 1 aromatic carbocycles. The van der Waals surface area contributed by atoms with E-state index in [0.29, 0.717) is 13.0 Å². The highest BCUT2D eigenvalue weighted by Gasteiger charge is 2.07. The molecule has 0 radical (unpaired) electrons. The van der Waals surface area contributed by atoms with Gasteiger partial charge in [-0.1, -0.05) is 19.1 Å². The van der Waals surface area contributed by atoms with E-state index in [1.807, 2.05) is 45.3 Å². The van der Waals surface area contributed by atoms with Gasteiger partial charge >= 0.3 is 0 Å². The van der Waals surface area contributed by atoms with Gasteiger partial charge in [-0.05, 0) is 44.3 Å². The Morgan fingerprint density at radius 3 is 2.44 bits per heavy atom. The number of anilines is 1. The molecule has 0 aliphatic rings. The molecule has 1 unspecified atom stereocenters. The van der Waals surface area contributed by atoms with E-state index in [9.17, 15) is 4.79 Å². The van der Waals surface area contributed by atoms with E-state index in [1.54, 1.807) is 0 Å². The van der Waals surface area contributed by atoms with Gasteiger partial charge in [0.2, 0.25) is 5.91 Å². The molecule has 1 atom stereocenters. The van der Waals surface area contributed by atoms with Crippen molar-refractivity contribution in [3.05, 3.63) is 29.8 Å². The second-order valence-electron chi connectivity index (χ2n) is 5.03. The van der Waals surface area contributed by atoms with Crippen LogP contribution in [-0.4, -0.2) is 31.4 Å². The number of carbonyl (C=O) groups excluding carboxylic acids is 1. The summed E-state index contributed by atoms with van der Waals surface area (Å²) in [6, 6.07) is 7.93. The van der Waals surface area contributed by atoms with Crippen molar-refractivity contribution in [1.82, 2.24) is 4.90 Å². The van der Waals surface area contributed by atoms with Gasteiger partial charge in [0, 0.05) is 18.7 Å². The molecule has 3 N–H and O–H groups in total. The van der Waals surface area contributed by atoms with Crippen molar-refractivity contribution < 1.29 is 4.79 Å². The molecule has 4 heteroatoms. The fourth-order valence-corrected chi connectivity index (χ4v) is 1.67. The lowest BCUT2D eigenvalue weighted by molar-refractivity contribution is -0.116. The number of benzene rings is 1. The molecule has 0 saturated heterocycles. The maximum Gasteiger partial charge on any atom is 0.224 e. The Morgan fingerprint density at radius 2 is 1.94 bits per heavy atom. The van der Waals surface area contributed by atoms with Crippen LogP contribution in [0.15, 0.2) is 24.3 Å². The maximum absolute atomic E-state index is 11.7. The minimum atomic E-state index is 0.0216. The van der Waals surface area contributed by atoms with E-state index < -0.39 is 0 Å². The van der Waals surface area contributed by atoms with Crippen LogP contribution in [0.25, 0.3) is 0 Å². The van der Waals surface area contributed by atoms with Gasteiger partial charge in [0.15, 0.2) is 0 Å². The van der Waals surface area contributed by atoms with Gasteiger partial charge < -0.3 is 16.0 Å². The van der Waals surface area contributed by atoms with Crippen molar-refractivity contribution in [1.29, 1.82) is 0 Å². The number of amides is 1. The topological polar surface area (TPSA) is 58.4 Å². The fourth-order valence-electron chi connectivity index (χ4n) is 1.67. The Labute approximate surface area is 109 Å². The molecular formula is C14H23N3O. The van der Waals surface area contributed by atoms with Gasteiger partial charge in [0.1, 0.15) is 0 Å². The number of nitrogens with zero attached hydrogens (tertiary/aromatic N) is 1. The highest BCUT2D eigenvalue weighted by atomic mass is 16.1. The fraction of sp³-hybridized carbons (Fsp3) is 0.500. The second-order valence-corrected chi connectivity index (χ2v) is 5.03. The van der Waals surface area contributed by atoms with Crippen molar-refractivity contribution in [2.45, 2.75) is 19.9 Å². The van der Waals surface area contributed by atoms with E-state index in [1.165, 1.54) is 5.56 Å². The van der Waals surface area contributed by atoms with Gasteiger partial charge in [-0.15, -0.1) is 0 Å². The molecule has 0 saturated carbocycles. The Balaban J connectivity index is 2.50. The van der Waals surface area contributed by atoms with Crippen molar-refractivity contribution >= 4 is 11.6 Å². The summed E-state index contributed by atoms with van der Waals surface area (Å²) >= 11 is 0. The zero-order chi connectivity index (χ0) is 13.5. The monoisotopic (exact) mass is 249 g/mol. The molecule has 1 rings (SSSR count). The Hall–Kier alpha value is -1.39. The largest absolute Gasteiger partial charge is 0.330 e. The molecule has 100 valence electrons. The van der Waals surface area contributed by atoms with Crippen LogP contribution < -0.4 is 11.1 Å². The van der Waals surface area contributed by atoms with Crippen LogP contribution in [0.4, 0.5) is 5.69 Å². The third-order valence-electron chi connectivity index (χ3n) is 2.67. The van der Waals surface area contributed by atoms with Crippen LogP contribution in [0.1, 0.15) is 18.9 Å². The first kappa shape index (κ1) is 14.7. The van der Waals surface area contributed by atoms with Gasteiger partial charge in [0.05, 0.1) is 0 Å². The molecule has 0 aliphatic heterocycles. The number of carbonyl (C=O) groups is 1. The van der Waals surface area contributed by atoms with E-state index in [0.717, 1.165) is 12.2 Å². The molecule has 1 amide bonds. The number of hydrogen-bond donors (Lipinski definition) is 2. The standard InChI is InChI=1S/C14H23N3O/c1-11(9-15)8-14(18)16-13-6-4-12(5-7-13)10-17(2)3/h4-7,11H,8-10,15H2,1-3H3,(H,16,18). The molecule has 18 heavy (non-hydrogen) atoms. The molecular weight excluding hydrogens is 226 g/mol. The van der Waals surface area contributed by atoms with Gasteiger partial charge in [-0.2, -0.15) is 0 Å². The smallest absolute Gasteiger partial charge is 0.224 e. The number of rotatable bonds is 6. The van der Waals surface area contributed by atoms with E-state index in [2.05, 4.69) is 10.2 Å². The van der Waals surface area contributed by atoms with Gasteiger partial charge in [-0.25, -0.2) is 0 Å². The third-order valence-corrected chi connectivity index (χ3v) is 2.67. The highest BCUT2D eigenvalue weighted by molar-refractivity contribution is 5.90. The minimum absolute atomic E-state index is 0.0216. The van der Waals surface area contributed by atoms with Crippen LogP contribution in [0.2, 0.25) is 0 Å². The molecule has 0 bridgehead atoms. The number of nitrogens with one attached hydrogen (secondary N) is 1. The lowest BCUT2D eigenvalue weighted by Gasteiger charge is -2.11. The summed E-state index contributed by atoms with van der Waals surface area (Å²) in [4.78, 5) is 13.8. The molecule has 1 aromatic rings. The second kappa shape index (κ2) is 7.13. The number of hydrogen-bond acceptors (Lipinski definition) is 3. The van der Waals surface area contributed by atoms with Crippen molar-refractivity contribution in [2.75, 3.05) is 26.0 Å². The van der Waals surface area contributed by atoms with Crippen LogP contribution in [0, 0.1) is 5.92 Å². The summed E-state index contributed by atoms with van der Waals surface area (Å²) in [6.07, 6.45) is 0.468. The summed E-state index contributed by atoms with van der Waals surface area (Å²) in [5, 5.41) is 2.88. The van der Waals surface area contributed by atoms with Crippen LogP contribution in [0.5, 0.6) is 0 Å². The van der Waals surface area contributed by atoms with Crippen LogP contribution >= 0.6 is 0 Å². The molecule has 0 fully saturated rings. The third kappa shape index (κ3) is 5.29. The quantitative estimate of drug-likeness (QED) is 0.806. The Morgan fingerprint density at radius 1 is 1.33 bits per heavy atom. The van der Waals surface area contributed by atoms with E-state index >= 15 is 0 Å². The summed E-state index contributed by atoms with van der Waals surface area (Å²) in [5.74, 6) is 0.242. The molecule has 4 nitrogen and oxygen atoms in total. The predicted molar refractivity (Wildman–Crippen MR) is 75.3 cm³/mol. The Kier molecular flexibility index (Phi) is 5.82. The lowest BCUT2D eigenvalue weighted by Crippen LogP contribution is -2.20. The SMILES string of the molecule is CC(CN)CC(=O)Nc1ccc(CN(C)C)cc1. The summed E-state index contributed by atoms with van der Waals surface area (Å²) in [5.41, 5.74) is 7.56. The lowest BCUT2D eigenvalue weighted by atomic mass is 10.1. The summed E-state index contributed by atoms with van der Waals surface area (Å²) in [6.45, 7) is 3.41. The first-order valence-electron chi connectivity index (χ1n) is 6.25. The average molecular weight is 249 g/mol. The molecule has 0 heterocycles. The van der Waals surface area contributed by atoms with Crippen LogP contribution in [-0.2, 0) is 11.3 Å². The molecule has 0 spiro atoms. The normalized spacial score (nSPS) is 12.5. The highest BCUT2D eigenvalue weighted by Crippen LogP contribution is 2.12. The van der Waals surface area contributed by atoms with Gasteiger partial charge in [-0.3, -0.25) is 4.79 Å². The Bertz CT molecular complexity index is 373. The number of nitrogens with two attached hydrogens (primary N) is 1. The summed E-state index contributed by atoms with van der Waals surface area (Å²) < 4.78 is 0. The van der Waals surface area contributed by atoms with Crippen molar-refractivity contribution in [3.8, 4) is 0 Å². The minimum Gasteiger partial charge on any atom is -0.330 e. The molecule has 0 aliphatic carbocycles.